The Morgan fingerprint density at radius 3 is 2.00 bits per heavy atom. The standard InChI is InChI=1S/C22H28N2O2/c1-16-4-6-19(7-5-16)12-23-13-20-8-10-21(11-9-20)22(25)24-14-17(2)26-18(3)15-24/h4-11,17-18,23H,12-15H2,1-3H3. The Kier molecular flexibility index (Phi) is 6.07. The predicted molar refractivity (Wildman–Crippen MR) is 104 cm³/mol. The SMILES string of the molecule is Cc1ccc(CNCc2ccc(C(=O)N3CC(C)OC(C)C3)cc2)cc1. The molecule has 2 aromatic rings. The predicted octanol–water partition coefficient (Wildman–Crippen LogP) is 3.53. The van der Waals surface area contributed by atoms with E-state index in [-0.39, 0.29) is 18.1 Å². The first-order valence-electron chi connectivity index (χ1n) is 9.31. The van der Waals surface area contributed by atoms with E-state index in [1.807, 2.05) is 43.0 Å². The van der Waals surface area contributed by atoms with Gasteiger partial charge in [0.1, 0.15) is 0 Å². The Labute approximate surface area is 156 Å². The van der Waals surface area contributed by atoms with E-state index in [0.29, 0.717) is 13.1 Å². The van der Waals surface area contributed by atoms with Gasteiger partial charge in [0, 0.05) is 31.7 Å². The zero-order chi connectivity index (χ0) is 18.5. The van der Waals surface area contributed by atoms with Gasteiger partial charge in [-0.1, -0.05) is 42.0 Å². The molecule has 0 bridgehead atoms. The van der Waals surface area contributed by atoms with Crippen LogP contribution in [-0.2, 0) is 17.8 Å². The molecule has 2 atom stereocenters. The van der Waals surface area contributed by atoms with Crippen molar-refractivity contribution in [3.8, 4) is 0 Å². The molecule has 4 nitrogen and oxygen atoms in total. The van der Waals surface area contributed by atoms with Crippen molar-refractivity contribution in [1.29, 1.82) is 0 Å². The van der Waals surface area contributed by atoms with Gasteiger partial charge in [0.2, 0.25) is 0 Å². The third kappa shape index (κ3) is 4.93. The van der Waals surface area contributed by atoms with E-state index >= 15 is 0 Å². The average Bonchev–Trinajstić information content (AvgIpc) is 2.62. The average molecular weight is 352 g/mol. The first-order valence-corrected chi connectivity index (χ1v) is 9.31. The second kappa shape index (κ2) is 8.47. The van der Waals surface area contributed by atoms with Crippen LogP contribution in [0.4, 0.5) is 0 Å². The molecular weight excluding hydrogens is 324 g/mol. The maximum absolute atomic E-state index is 12.7. The minimum Gasteiger partial charge on any atom is -0.372 e. The van der Waals surface area contributed by atoms with Crippen LogP contribution in [0.1, 0.15) is 40.9 Å². The number of ether oxygens (including phenoxy) is 1. The number of nitrogens with zero attached hydrogens (tertiary/aromatic N) is 1. The first kappa shape index (κ1) is 18.6. The molecule has 0 radical (unpaired) electrons. The van der Waals surface area contributed by atoms with Gasteiger partial charge in [0.05, 0.1) is 12.2 Å². The van der Waals surface area contributed by atoms with Crippen LogP contribution in [0.2, 0.25) is 0 Å². The van der Waals surface area contributed by atoms with Gasteiger partial charge in [-0.25, -0.2) is 0 Å². The van der Waals surface area contributed by atoms with Crippen molar-refractivity contribution in [3.63, 3.8) is 0 Å². The van der Waals surface area contributed by atoms with Crippen LogP contribution in [-0.4, -0.2) is 36.1 Å². The van der Waals surface area contributed by atoms with E-state index in [4.69, 9.17) is 4.74 Å². The zero-order valence-electron chi connectivity index (χ0n) is 15.9. The van der Waals surface area contributed by atoms with Crippen LogP contribution in [0.15, 0.2) is 48.5 Å². The lowest BCUT2D eigenvalue weighted by atomic mass is 10.1. The van der Waals surface area contributed by atoms with Gasteiger partial charge < -0.3 is 15.0 Å². The highest BCUT2D eigenvalue weighted by Gasteiger charge is 2.26. The molecule has 1 heterocycles. The summed E-state index contributed by atoms with van der Waals surface area (Å²) in [5.74, 6) is 0.0890. The minimum atomic E-state index is 0.0890. The van der Waals surface area contributed by atoms with Crippen molar-refractivity contribution < 1.29 is 9.53 Å². The third-order valence-electron chi connectivity index (χ3n) is 4.69. The Morgan fingerprint density at radius 2 is 1.46 bits per heavy atom. The van der Waals surface area contributed by atoms with Crippen molar-refractivity contribution in [1.82, 2.24) is 10.2 Å². The molecule has 1 fully saturated rings. The molecule has 3 rings (SSSR count). The summed E-state index contributed by atoms with van der Waals surface area (Å²) in [5, 5.41) is 3.45. The summed E-state index contributed by atoms with van der Waals surface area (Å²) in [6, 6.07) is 16.5. The highest BCUT2D eigenvalue weighted by molar-refractivity contribution is 5.94. The number of nitrogens with one attached hydrogen (secondary N) is 1. The first-order chi connectivity index (χ1) is 12.5. The third-order valence-corrected chi connectivity index (χ3v) is 4.69. The molecular formula is C22H28N2O2. The zero-order valence-corrected chi connectivity index (χ0v) is 15.9. The number of hydrogen-bond acceptors (Lipinski definition) is 3. The second-order valence-electron chi connectivity index (χ2n) is 7.25. The fourth-order valence-electron chi connectivity index (χ4n) is 3.35. The lowest BCUT2D eigenvalue weighted by molar-refractivity contribution is -0.0586. The van der Waals surface area contributed by atoms with Gasteiger partial charge in [-0.05, 0) is 44.0 Å². The normalized spacial score (nSPS) is 20.2. The molecule has 4 heteroatoms. The van der Waals surface area contributed by atoms with Crippen LogP contribution < -0.4 is 5.32 Å². The number of morpholine rings is 1. The lowest BCUT2D eigenvalue weighted by Crippen LogP contribution is -2.48. The molecule has 0 aromatic heterocycles. The van der Waals surface area contributed by atoms with E-state index in [0.717, 1.165) is 18.7 Å². The second-order valence-corrected chi connectivity index (χ2v) is 7.25. The molecule has 0 saturated carbocycles. The van der Waals surface area contributed by atoms with Gasteiger partial charge in [0.15, 0.2) is 0 Å². The maximum Gasteiger partial charge on any atom is 0.254 e. The van der Waals surface area contributed by atoms with Crippen LogP contribution in [0.5, 0.6) is 0 Å². The van der Waals surface area contributed by atoms with Gasteiger partial charge >= 0.3 is 0 Å². The number of amides is 1. The van der Waals surface area contributed by atoms with Crippen molar-refractivity contribution in [2.24, 2.45) is 0 Å². The molecule has 26 heavy (non-hydrogen) atoms. The molecule has 1 N–H and O–H groups in total. The molecule has 1 aliphatic rings. The molecule has 2 unspecified atom stereocenters. The van der Waals surface area contributed by atoms with Crippen LogP contribution in [0.25, 0.3) is 0 Å². The summed E-state index contributed by atoms with van der Waals surface area (Å²) in [6.45, 7) is 9.06. The van der Waals surface area contributed by atoms with E-state index < -0.39 is 0 Å². The Balaban J connectivity index is 1.52. The summed E-state index contributed by atoms with van der Waals surface area (Å²) in [7, 11) is 0. The largest absolute Gasteiger partial charge is 0.372 e. The van der Waals surface area contributed by atoms with Crippen molar-refractivity contribution >= 4 is 5.91 Å². The number of hydrogen-bond donors (Lipinski definition) is 1. The summed E-state index contributed by atoms with van der Waals surface area (Å²) >= 11 is 0. The topological polar surface area (TPSA) is 41.6 Å². The minimum absolute atomic E-state index is 0.0890. The van der Waals surface area contributed by atoms with Crippen molar-refractivity contribution in [2.75, 3.05) is 13.1 Å². The molecule has 138 valence electrons. The fraction of sp³-hybridized carbons (Fsp3) is 0.409. The molecule has 1 aliphatic heterocycles. The molecule has 0 spiro atoms. The van der Waals surface area contributed by atoms with E-state index in [9.17, 15) is 4.79 Å². The fourth-order valence-corrected chi connectivity index (χ4v) is 3.35. The maximum atomic E-state index is 12.7. The van der Waals surface area contributed by atoms with Gasteiger partial charge in [-0.15, -0.1) is 0 Å². The molecule has 2 aromatic carbocycles. The van der Waals surface area contributed by atoms with Gasteiger partial charge in [-0.3, -0.25) is 4.79 Å². The van der Waals surface area contributed by atoms with Crippen molar-refractivity contribution in [3.05, 3.63) is 70.8 Å². The molecule has 0 aliphatic carbocycles. The summed E-state index contributed by atoms with van der Waals surface area (Å²) < 4.78 is 5.71. The summed E-state index contributed by atoms with van der Waals surface area (Å²) in [6.07, 6.45) is 0.181. The summed E-state index contributed by atoms with van der Waals surface area (Å²) in [4.78, 5) is 14.6. The smallest absolute Gasteiger partial charge is 0.254 e. The van der Waals surface area contributed by atoms with Crippen LogP contribution in [0, 0.1) is 6.92 Å². The number of carbonyl (C=O) groups is 1. The van der Waals surface area contributed by atoms with Crippen LogP contribution in [0.3, 0.4) is 0 Å². The highest BCUT2D eigenvalue weighted by atomic mass is 16.5. The quantitative estimate of drug-likeness (QED) is 0.895. The van der Waals surface area contributed by atoms with E-state index in [1.165, 1.54) is 16.7 Å². The van der Waals surface area contributed by atoms with Gasteiger partial charge in [-0.2, -0.15) is 0 Å². The Hall–Kier alpha value is -2.17. The van der Waals surface area contributed by atoms with Gasteiger partial charge in [0.25, 0.3) is 5.91 Å². The molecule has 1 saturated heterocycles. The summed E-state index contributed by atoms with van der Waals surface area (Å²) in [5.41, 5.74) is 4.47. The monoisotopic (exact) mass is 352 g/mol. The molecule has 1 amide bonds. The Morgan fingerprint density at radius 1 is 0.962 bits per heavy atom. The highest BCUT2D eigenvalue weighted by Crippen LogP contribution is 2.15. The Bertz CT molecular complexity index is 715. The van der Waals surface area contributed by atoms with E-state index in [1.54, 1.807) is 0 Å². The lowest BCUT2D eigenvalue weighted by Gasteiger charge is -2.35. The van der Waals surface area contributed by atoms with Crippen molar-refractivity contribution in [2.45, 2.75) is 46.1 Å². The van der Waals surface area contributed by atoms with Crippen LogP contribution >= 0.6 is 0 Å². The number of carbonyl (C=O) groups excluding carboxylic acids is 1. The number of benzene rings is 2. The number of aryl methyl sites for hydroxylation is 1. The number of rotatable bonds is 5. The van der Waals surface area contributed by atoms with E-state index in [2.05, 4.69) is 36.5 Å².